The topological polar surface area (TPSA) is 136 Å². The van der Waals surface area contributed by atoms with Gasteiger partial charge in [0.1, 0.15) is 30.3 Å². The van der Waals surface area contributed by atoms with Crippen LogP contribution in [0, 0.1) is 5.92 Å². The van der Waals surface area contributed by atoms with Crippen LogP contribution in [0.15, 0.2) is 42.6 Å². The number of hydrogen-bond acceptors (Lipinski definition) is 8. The lowest BCUT2D eigenvalue weighted by molar-refractivity contribution is -0.138. The van der Waals surface area contributed by atoms with Crippen molar-refractivity contribution in [2.75, 3.05) is 26.3 Å². The molecule has 4 aliphatic rings. The first kappa shape index (κ1) is 30.1. The molecule has 2 aromatic rings. The van der Waals surface area contributed by atoms with Crippen molar-refractivity contribution >= 4 is 23.7 Å². The Hall–Kier alpha value is -3.99. The number of nitrogens with zero attached hydrogens (tertiary/aromatic N) is 2. The van der Waals surface area contributed by atoms with E-state index in [4.69, 9.17) is 14.2 Å². The highest BCUT2D eigenvalue weighted by molar-refractivity contribution is 5.92. The van der Waals surface area contributed by atoms with Gasteiger partial charge in [0.15, 0.2) is 0 Å². The molecule has 0 bridgehead atoms. The van der Waals surface area contributed by atoms with Gasteiger partial charge < -0.3 is 29.7 Å². The number of piperidine rings is 1. The molecule has 3 saturated heterocycles. The molecule has 3 amide bonds. The zero-order valence-electron chi connectivity index (χ0n) is 25.0. The van der Waals surface area contributed by atoms with Crippen LogP contribution < -0.4 is 15.4 Å². The zero-order chi connectivity index (χ0) is 30.6. The Morgan fingerprint density at radius 1 is 1.05 bits per heavy atom. The van der Waals surface area contributed by atoms with Crippen LogP contribution in [0.3, 0.4) is 0 Å². The van der Waals surface area contributed by atoms with Crippen LogP contribution in [0.1, 0.15) is 85.5 Å². The minimum Gasteiger partial charge on any atom is -0.482 e. The summed E-state index contributed by atoms with van der Waals surface area (Å²) >= 11 is 0. The largest absolute Gasteiger partial charge is 0.482 e. The minimum absolute atomic E-state index is 0.104. The molecule has 2 N–H and O–H groups in total. The first-order chi connectivity index (χ1) is 21.3. The summed E-state index contributed by atoms with van der Waals surface area (Å²) in [5.41, 5.74) is 2.48. The van der Waals surface area contributed by atoms with Crippen molar-refractivity contribution in [1.29, 1.82) is 0 Å². The maximum atomic E-state index is 13.0. The Balaban J connectivity index is 1.08. The van der Waals surface area contributed by atoms with E-state index in [1.54, 1.807) is 17.0 Å². The van der Waals surface area contributed by atoms with E-state index in [0.29, 0.717) is 37.8 Å². The van der Waals surface area contributed by atoms with Gasteiger partial charge >= 0.3 is 5.97 Å². The molecule has 11 nitrogen and oxygen atoms in total. The molecule has 234 valence electrons. The highest BCUT2D eigenvalue weighted by atomic mass is 16.5. The van der Waals surface area contributed by atoms with Crippen LogP contribution in [0.4, 0.5) is 0 Å². The van der Waals surface area contributed by atoms with Gasteiger partial charge in [-0.05, 0) is 74.6 Å². The van der Waals surface area contributed by atoms with Gasteiger partial charge in [-0.1, -0.05) is 24.3 Å². The average molecular weight is 605 g/mol. The SMILES string of the molecule is C[C@H](NC(=O)[C@H]1CCCO1)[C@H](Oc1ccc(C(=O)N[C@H]2CCCN(C(=O)[C@H]3COC(=O)C3)C2)nc1)c1ccc(C2CC2)cc1. The van der Waals surface area contributed by atoms with Gasteiger partial charge in [0.05, 0.1) is 24.6 Å². The van der Waals surface area contributed by atoms with Crippen molar-refractivity contribution in [3.8, 4) is 5.75 Å². The van der Waals surface area contributed by atoms with Crippen molar-refractivity contribution < 1.29 is 33.4 Å². The number of aromatic nitrogens is 1. The highest BCUT2D eigenvalue weighted by Crippen LogP contribution is 2.40. The first-order valence-electron chi connectivity index (χ1n) is 15.7. The summed E-state index contributed by atoms with van der Waals surface area (Å²) in [6, 6.07) is 11.1. The van der Waals surface area contributed by atoms with Crippen LogP contribution in [0.25, 0.3) is 0 Å². The molecule has 4 heterocycles. The number of hydrogen-bond donors (Lipinski definition) is 2. The molecule has 1 aromatic heterocycles. The van der Waals surface area contributed by atoms with Crippen LogP contribution in [-0.2, 0) is 23.9 Å². The molecule has 5 atom stereocenters. The summed E-state index contributed by atoms with van der Waals surface area (Å²) in [6.45, 7) is 3.60. The van der Waals surface area contributed by atoms with Gasteiger partial charge in [0, 0.05) is 25.7 Å². The predicted molar refractivity (Wildman–Crippen MR) is 159 cm³/mol. The van der Waals surface area contributed by atoms with Gasteiger partial charge in [-0.3, -0.25) is 19.2 Å². The van der Waals surface area contributed by atoms with Crippen molar-refractivity contribution in [1.82, 2.24) is 20.5 Å². The predicted octanol–water partition coefficient (Wildman–Crippen LogP) is 3.05. The van der Waals surface area contributed by atoms with E-state index >= 15 is 0 Å². The molecule has 0 spiro atoms. The number of esters is 1. The number of likely N-dealkylation sites (tertiary alicyclic amines) is 1. The first-order valence-corrected chi connectivity index (χ1v) is 15.7. The van der Waals surface area contributed by atoms with Gasteiger partial charge in [0.2, 0.25) is 11.8 Å². The lowest BCUT2D eigenvalue weighted by atomic mass is 10.00. The van der Waals surface area contributed by atoms with Crippen LogP contribution in [0.5, 0.6) is 5.75 Å². The normalized spacial score (nSPS) is 24.7. The molecule has 3 aliphatic heterocycles. The fourth-order valence-electron chi connectivity index (χ4n) is 6.23. The van der Waals surface area contributed by atoms with Crippen molar-refractivity contribution in [3.63, 3.8) is 0 Å². The van der Waals surface area contributed by atoms with E-state index in [2.05, 4.69) is 39.9 Å². The standard InChI is InChI=1S/C33H40N4O7/c1-20(35-32(40)28-5-3-15-42-28)30(23-10-8-22(9-11-23)21-6-7-21)44-26-12-13-27(34-17-26)31(39)36-25-4-2-14-37(18-25)33(41)24-16-29(38)43-19-24/h8-13,17,20-21,24-25,28,30H,2-7,14-16,18-19H2,1H3,(H,35,40)(H,36,39)/t20-,24+,25-,28+,30-/m0/s1. The van der Waals surface area contributed by atoms with Crippen LogP contribution in [-0.4, -0.2) is 78.1 Å². The van der Waals surface area contributed by atoms with Gasteiger partial charge in [-0.2, -0.15) is 0 Å². The molecule has 1 saturated carbocycles. The summed E-state index contributed by atoms with van der Waals surface area (Å²) < 4.78 is 16.9. The number of amides is 3. The maximum Gasteiger partial charge on any atom is 0.306 e. The molecular formula is C33H40N4O7. The molecule has 1 aliphatic carbocycles. The van der Waals surface area contributed by atoms with E-state index in [9.17, 15) is 19.2 Å². The molecule has 44 heavy (non-hydrogen) atoms. The third-order valence-corrected chi connectivity index (χ3v) is 8.87. The number of carbonyl (C=O) groups is 4. The molecular weight excluding hydrogens is 564 g/mol. The van der Waals surface area contributed by atoms with Gasteiger partial charge in [-0.25, -0.2) is 4.98 Å². The number of cyclic esters (lactones) is 1. The van der Waals surface area contributed by atoms with Gasteiger partial charge in [0.25, 0.3) is 5.91 Å². The third kappa shape index (κ3) is 7.20. The summed E-state index contributed by atoms with van der Waals surface area (Å²) in [5, 5.41) is 6.07. The Morgan fingerprint density at radius 3 is 2.52 bits per heavy atom. The lowest BCUT2D eigenvalue weighted by Gasteiger charge is -2.34. The van der Waals surface area contributed by atoms with Crippen LogP contribution >= 0.6 is 0 Å². The maximum absolute atomic E-state index is 13.0. The van der Waals surface area contributed by atoms with Crippen molar-refractivity contribution in [2.45, 2.75) is 82.1 Å². The number of ether oxygens (including phenoxy) is 3. The fourth-order valence-corrected chi connectivity index (χ4v) is 6.23. The zero-order valence-corrected chi connectivity index (χ0v) is 25.0. The summed E-state index contributed by atoms with van der Waals surface area (Å²) in [6.07, 6.45) is 6.21. The fraction of sp³-hybridized carbons (Fsp3) is 0.545. The van der Waals surface area contributed by atoms with E-state index in [1.807, 2.05) is 6.92 Å². The smallest absolute Gasteiger partial charge is 0.306 e. The van der Waals surface area contributed by atoms with E-state index in [1.165, 1.54) is 24.6 Å². The number of pyridine rings is 1. The van der Waals surface area contributed by atoms with E-state index in [0.717, 1.165) is 24.8 Å². The van der Waals surface area contributed by atoms with Gasteiger partial charge in [-0.15, -0.1) is 0 Å². The lowest BCUT2D eigenvalue weighted by Crippen LogP contribution is -2.51. The minimum atomic E-state index is -0.485. The number of rotatable bonds is 10. The average Bonchev–Trinajstić information content (AvgIpc) is 3.55. The summed E-state index contributed by atoms with van der Waals surface area (Å²) in [4.78, 5) is 56.2. The monoisotopic (exact) mass is 604 g/mol. The number of carbonyl (C=O) groups excluding carboxylic acids is 4. The molecule has 11 heteroatoms. The number of benzene rings is 1. The second-order valence-electron chi connectivity index (χ2n) is 12.3. The second kappa shape index (κ2) is 13.3. The molecule has 1 aromatic carbocycles. The second-order valence-corrected chi connectivity index (χ2v) is 12.3. The van der Waals surface area contributed by atoms with E-state index < -0.39 is 18.1 Å². The number of nitrogens with one attached hydrogen (secondary N) is 2. The summed E-state index contributed by atoms with van der Waals surface area (Å²) in [5.74, 6) is -0.271. The Morgan fingerprint density at radius 2 is 1.86 bits per heavy atom. The van der Waals surface area contributed by atoms with Crippen molar-refractivity contribution in [2.24, 2.45) is 5.92 Å². The van der Waals surface area contributed by atoms with Crippen molar-refractivity contribution in [3.05, 3.63) is 59.4 Å². The molecule has 0 radical (unpaired) electrons. The Labute approximate surface area is 257 Å². The van der Waals surface area contributed by atoms with Crippen LogP contribution in [0.2, 0.25) is 0 Å². The quantitative estimate of drug-likeness (QED) is 0.395. The summed E-state index contributed by atoms with van der Waals surface area (Å²) in [7, 11) is 0. The Bertz CT molecular complexity index is 1360. The third-order valence-electron chi connectivity index (χ3n) is 8.87. The molecule has 0 unspecified atom stereocenters. The Kier molecular flexibility index (Phi) is 9.11. The molecule has 6 rings (SSSR count). The molecule has 4 fully saturated rings. The van der Waals surface area contributed by atoms with E-state index in [-0.39, 0.29) is 54.5 Å². The highest BCUT2D eigenvalue weighted by Gasteiger charge is 2.35.